The maximum absolute atomic E-state index is 14.2. The molecule has 37 heavy (non-hydrogen) atoms. The number of carbonyl (C=O) groups excluding carboxylic acids is 1. The Morgan fingerprint density at radius 1 is 1.11 bits per heavy atom. The second-order valence-electron chi connectivity index (χ2n) is 10.2. The Kier molecular flexibility index (Phi) is 7.70. The van der Waals surface area contributed by atoms with E-state index in [0.29, 0.717) is 17.4 Å². The molecule has 1 aromatic heterocycles. The minimum atomic E-state index is -0.131. The molecule has 0 unspecified atom stereocenters. The summed E-state index contributed by atoms with van der Waals surface area (Å²) >= 11 is 1.34. The van der Waals surface area contributed by atoms with E-state index in [1.165, 1.54) is 23.7 Å². The van der Waals surface area contributed by atoms with E-state index in [-0.39, 0.29) is 22.6 Å². The van der Waals surface area contributed by atoms with Crippen molar-refractivity contribution < 1.29 is 9.53 Å². The highest BCUT2D eigenvalue weighted by Crippen LogP contribution is 2.48. The Balaban J connectivity index is 1.50. The maximum Gasteiger partial charge on any atom is 0.258 e. The molecule has 1 heterocycles. The van der Waals surface area contributed by atoms with Crippen LogP contribution in [-0.4, -0.2) is 28.3 Å². The predicted octanol–water partition coefficient (Wildman–Crippen LogP) is 6.21. The smallest absolute Gasteiger partial charge is 0.258 e. The molecule has 1 spiro atoms. The lowest BCUT2D eigenvalue weighted by atomic mass is 9.62. The zero-order chi connectivity index (χ0) is 25.8. The number of hydrogen-bond acceptors (Lipinski definition) is 5. The van der Waals surface area contributed by atoms with Gasteiger partial charge in [0, 0.05) is 23.2 Å². The van der Waals surface area contributed by atoms with Crippen LogP contribution in [0.5, 0.6) is 5.75 Å². The number of hydrogen-bond donors (Lipinski definition) is 1. The van der Waals surface area contributed by atoms with E-state index in [9.17, 15) is 9.59 Å². The van der Waals surface area contributed by atoms with Crippen molar-refractivity contribution in [1.82, 2.24) is 9.55 Å². The van der Waals surface area contributed by atoms with Crippen LogP contribution in [0, 0.1) is 0 Å². The number of nitrogens with one attached hydrogen (secondary N) is 1. The Hall–Kier alpha value is -3.06. The first kappa shape index (κ1) is 25.6. The number of amides is 1. The topological polar surface area (TPSA) is 73.2 Å². The fraction of sp³-hybridized carbons (Fsp3) is 0.433. The molecular weight excluding hydrogens is 482 g/mol. The molecule has 3 aromatic rings. The molecule has 1 fully saturated rings. The largest absolute Gasteiger partial charge is 0.497 e. The van der Waals surface area contributed by atoms with Crippen LogP contribution in [0.2, 0.25) is 0 Å². The number of nitrogens with zero attached hydrogens (tertiary/aromatic N) is 2. The van der Waals surface area contributed by atoms with Gasteiger partial charge in [0.25, 0.3) is 5.56 Å². The Morgan fingerprint density at radius 3 is 2.59 bits per heavy atom. The van der Waals surface area contributed by atoms with E-state index in [0.717, 1.165) is 67.5 Å². The van der Waals surface area contributed by atoms with Crippen LogP contribution in [0.1, 0.15) is 63.0 Å². The number of benzene rings is 2. The standard InChI is InChI=1S/C30H35N3O3S/c1-3-4-18-33-28(35)26-27(24-11-7-6-10-21(24)19-30(26)16-8-5-9-17-30)32-29(33)37-20-25(34)31-22-12-14-23(36-2)15-13-22/h6-7,10-15H,3-5,8-9,16-20H2,1-2H3,(H,31,34). The molecular formula is C30H35N3O3S. The lowest BCUT2D eigenvalue weighted by Crippen LogP contribution is -2.43. The van der Waals surface area contributed by atoms with Gasteiger partial charge in [0.15, 0.2) is 5.16 Å². The SMILES string of the molecule is CCCCn1c(SCC(=O)Nc2ccc(OC)cc2)nc2c(c1=O)C1(CCCCC1)Cc1ccccc1-2. The number of unbranched alkanes of at least 4 members (excludes halogenated alkanes) is 1. The lowest BCUT2D eigenvalue weighted by molar-refractivity contribution is -0.113. The minimum absolute atomic E-state index is 0.0907. The quantitative estimate of drug-likeness (QED) is 0.284. The van der Waals surface area contributed by atoms with Crippen molar-refractivity contribution in [3.8, 4) is 17.0 Å². The molecule has 0 atom stereocenters. The normalized spacial score (nSPS) is 15.6. The van der Waals surface area contributed by atoms with Gasteiger partial charge in [0.2, 0.25) is 5.91 Å². The Labute approximate surface area is 222 Å². The summed E-state index contributed by atoms with van der Waals surface area (Å²) in [4.78, 5) is 32.2. The number of fused-ring (bicyclic) bond motifs is 4. The third-order valence-electron chi connectivity index (χ3n) is 7.72. The summed E-state index contributed by atoms with van der Waals surface area (Å²) in [5.41, 5.74) is 4.76. The maximum atomic E-state index is 14.2. The van der Waals surface area contributed by atoms with E-state index in [1.807, 2.05) is 34.9 Å². The van der Waals surface area contributed by atoms with Crippen LogP contribution in [0.25, 0.3) is 11.3 Å². The van der Waals surface area contributed by atoms with E-state index >= 15 is 0 Å². The summed E-state index contributed by atoms with van der Waals surface area (Å²) in [6.07, 6.45) is 8.40. The van der Waals surface area contributed by atoms with Crippen LogP contribution in [0.3, 0.4) is 0 Å². The van der Waals surface area contributed by atoms with E-state index in [1.54, 1.807) is 7.11 Å². The number of anilines is 1. The molecule has 0 aliphatic heterocycles. The minimum Gasteiger partial charge on any atom is -0.497 e. The van der Waals surface area contributed by atoms with Crippen molar-refractivity contribution in [3.05, 3.63) is 70.0 Å². The summed E-state index contributed by atoms with van der Waals surface area (Å²) in [5, 5.41) is 3.56. The average Bonchev–Trinajstić information content (AvgIpc) is 2.92. The average molecular weight is 518 g/mol. The van der Waals surface area contributed by atoms with Gasteiger partial charge in [0.1, 0.15) is 5.75 Å². The van der Waals surface area contributed by atoms with Crippen LogP contribution >= 0.6 is 11.8 Å². The highest BCUT2D eigenvalue weighted by molar-refractivity contribution is 7.99. The zero-order valence-corrected chi connectivity index (χ0v) is 22.5. The number of aromatic nitrogens is 2. The number of methoxy groups -OCH3 is 1. The number of thioether (sulfide) groups is 1. The van der Waals surface area contributed by atoms with Crippen molar-refractivity contribution in [1.29, 1.82) is 0 Å². The highest BCUT2D eigenvalue weighted by atomic mass is 32.2. The first-order valence-corrected chi connectivity index (χ1v) is 14.3. The van der Waals surface area contributed by atoms with Crippen LogP contribution in [0.15, 0.2) is 58.5 Å². The van der Waals surface area contributed by atoms with Gasteiger partial charge in [-0.2, -0.15) is 0 Å². The number of rotatable bonds is 8. The van der Waals surface area contributed by atoms with Gasteiger partial charge in [0.05, 0.1) is 24.1 Å². The second kappa shape index (κ2) is 11.1. The Bertz CT molecular complexity index is 1330. The monoisotopic (exact) mass is 517 g/mol. The molecule has 1 saturated carbocycles. The molecule has 1 N–H and O–H groups in total. The van der Waals surface area contributed by atoms with Crippen molar-refractivity contribution in [2.24, 2.45) is 0 Å². The molecule has 1 amide bonds. The van der Waals surface area contributed by atoms with Gasteiger partial charge >= 0.3 is 0 Å². The van der Waals surface area contributed by atoms with E-state index in [4.69, 9.17) is 9.72 Å². The van der Waals surface area contributed by atoms with Gasteiger partial charge in [-0.05, 0) is 55.5 Å². The zero-order valence-electron chi connectivity index (χ0n) is 21.7. The van der Waals surface area contributed by atoms with Gasteiger partial charge in [-0.15, -0.1) is 0 Å². The predicted molar refractivity (Wildman–Crippen MR) is 150 cm³/mol. The summed E-state index contributed by atoms with van der Waals surface area (Å²) in [5.74, 6) is 0.783. The third-order valence-corrected chi connectivity index (χ3v) is 8.69. The van der Waals surface area contributed by atoms with Gasteiger partial charge in [-0.1, -0.05) is 68.6 Å². The molecule has 2 aliphatic carbocycles. The van der Waals surface area contributed by atoms with Crippen LogP contribution in [0.4, 0.5) is 5.69 Å². The van der Waals surface area contributed by atoms with E-state index in [2.05, 4.69) is 30.4 Å². The number of carbonyl (C=O) groups is 1. The molecule has 5 rings (SSSR count). The molecule has 2 aliphatic rings. The number of ether oxygens (including phenoxy) is 1. The molecule has 7 heteroatoms. The van der Waals surface area contributed by atoms with E-state index < -0.39 is 0 Å². The van der Waals surface area contributed by atoms with Crippen molar-refractivity contribution in [3.63, 3.8) is 0 Å². The Morgan fingerprint density at radius 2 is 1.86 bits per heavy atom. The second-order valence-corrected chi connectivity index (χ2v) is 11.1. The molecule has 194 valence electrons. The van der Waals surface area contributed by atoms with Gasteiger partial charge in [-0.25, -0.2) is 4.98 Å². The molecule has 0 saturated heterocycles. The lowest BCUT2D eigenvalue weighted by Gasteiger charge is -2.42. The van der Waals surface area contributed by atoms with Gasteiger partial charge < -0.3 is 10.1 Å². The van der Waals surface area contributed by atoms with Crippen molar-refractivity contribution >= 4 is 23.4 Å². The molecule has 2 aromatic carbocycles. The first-order valence-electron chi connectivity index (χ1n) is 13.3. The summed E-state index contributed by atoms with van der Waals surface area (Å²) in [6, 6.07) is 15.7. The first-order chi connectivity index (χ1) is 18.0. The summed E-state index contributed by atoms with van der Waals surface area (Å²) in [6.45, 7) is 2.75. The van der Waals surface area contributed by atoms with Crippen LogP contribution < -0.4 is 15.6 Å². The fourth-order valence-electron chi connectivity index (χ4n) is 5.85. The van der Waals surface area contributed by atoms with Crippen molar-refractivity contribution in [2.45, 2.75) is 75.4 Å². The van der Waals surface area contributed by atoms with Gasteiger partial charge in [-0.3, -0.25) is 14.2 Å². The molecule has 6 nitrogen and oxygen atoms in total. The fourth-order valence-corrected chi connectivity index (χ4v) is 6.67. The van der Waals surface area contributed by atoms with Crippen LogP contribution in [-0.2, 0) is 23.2 Å². The van der Waals surface area contributed by atoms with Crippen molar-refractivity contribution in [2.75, 3.05) is 18.2 Å². The highest BCUT2D eigenvalue weighted by Gasteiger charge is 2.43. The summed E-state index contributed by atoms with van der Waals surface area (Å²) in [7, 11) is 1.61. The third kappa shape index (κ3) is 5.19. The summed E-state index contributed by atoms with van der Waals surface area (Å²) < 4.78 is 7.04. The molecule has 0 bridgehead atoms. The molecule has 0 radical (unpaired) electrons.